The van der Waals surface area contributed by atoms with E-state index in [1.54, 1.807) is 0 Å². The van der Waals surface area contributed by atoms with Crippen molar-refractivity contribution < 1.29 is 4.39 Å². The van der Waals surface area contributed by atoms with Crippen molar-refractivity contribution in [2.75, 3.05) is 13.1 Å². The van der Waals surface area contributed by atoms with Crippen LogP contribution in [0.15, 0.2) is 18.2 Å². The zero-order chi connectivity index (χ0) is 12.0. The zero-order valence-electron chi connectivity index (χ0n) is 9.35. The van der Waals surface area contributed by atoms with Crippen LogP contribution in [0.3, 0.4) is 0 Å². The van der Waals surface area contributed by atoms with Crippen LogP contribution in [0.4, 0.5) is 4.39 Å². The van der Waals surface area contributed by atoms with E-state index in [1.807, 2.05) is 18.2 Å². The molecule has 2 fully saturated rings. The molecule has 1 aliphatic carbocycles. The molecule has 1 saturated carbocycles. The van der Waals surface area contributed by atoms with Gasteiger partial charge in [-0.3, -0.25) is 0 Å². The van der Waals surface area contributed by atoms with Gasteiger partial charge in [0.05, 0.1) is 10.0 Å². The van der Waals surface area contributed by atoms with E-state index in [1.165, 1.54) is 0 Å². The molecule has 92 valence electrons. The monoisotopic (exact) mass is 273 g/mol. The summed E-state index contributed by atoms with van der Waals surface area (Å²) >= 11 is 12.0. The number of benzene rings is 1. The van der Waals surface area contributed by atoms with Gasteiger partial charge in [0, 0.05) is 12.0 Å². The third kappa shape index (κ3) is 1.78. The van der Waals surface area contributed by atoms with Crippen LogP contribution in [-0.2, 0) is 5.41 Å². The fourth-order valence-corrected chi connectivity index (χ4v) is 3.70. The van der Waals surface area contributed by atoms with Crippen LogP contribution in [0.1, 0.15) is 18.4 Å². The number of hydrogen-bond donors (Lipinski definition) is 1. The first kappa shape index (κ1) is 11.8. The van der Waals surface area contributed by atoms with Crippen LogP contribution in [0, 0.1) is 5.92 Å². The Labute approximate surface area is 110 Å². The summed E-state index contributed by atoms with van der Waals surface area (Å²) < 4.78 is 13.7. The predicted octanol–water partition coefficient (Wildman–Crippen LogP) is 3.58. The molecule has 1 aromatic carbocycles. The van der Waals surface area contributed by atoms with E-state index in [4.69, 9.17) is 23.2 Å². The van der Waals surface area contributed by atoms with Gasteiger partial charge in [-0.25, -0.2) is 4.39 Å². The lowest BCUT2D eigenvalue weighted by atomic mass is 9.74. The molecule has 1 N–H and O–H groups in total. The van der Waals surface area contributed by atoms with Gasteiger partial charge in [0.1, 0.15) is 6.17 Å². The highest BCUT2D eigenvalue weighted by Gasteiger charge is 2.51. The number of nitrogens with one attached hydrogen (secondary N) is 1. The molecule has 1 heterocycles. The normalized spacial score (nSPS) is 36.2. The fourth-order valence-electron chi connectivity index (χ4n) is 3.41. The molecule has 3 atom stereocenters. The Kier molecular flexibility index (Phi) is 2.85. The summed E-state index contributed by atoms with van der Waals surface area (Å²) in [6.07, 6.45) is 0.576. The van der Waals surface area contributed by atoms with Gasteiger partial charge in [0.2, 0.25) is 0 Å². The van der Waals surface area contributed by atoms with Crippen LogP contribution in [0.25, 0.3) is 0 Å². The first-order chi connectivity index (χ1) is 8.12. The van der Waals surface area contributed by atoms with Crippen molar-refractivity contribution in [2.24, 2.45) is 5.92 Å². The molecule has 1 saturated heterocycles. The minimum atomic E-state index is -0.684. The van der Waals surface area contributed by atoms with Gasteiger partial charge in [-0.15, -0.1) is 0 Å². The molecular formula is C13H14Cl2FN. The smallest absolute Gasteiger partial charge is 0.101 e. The van der Waals surface area contributed by atoms with E-state index in [2.05, 4.69) is 5.32 Å². The third-order valence-electron chi connectivity index (χ3n) is 4.23. The van der Waals surface area contributed by atoms with Crippen molar-refractivity contribution in [3.63, 3.8) is 0 Å². The molecular weight excluding hydrogens is 260 g/mol. The molecule has 3 unspecified atom stereocenters. The van der Waals surface area contributed by atoms with Crippen LogP contribution < -0.4 is 5.32 Å². The Morgan fingerprint density at radius 3 is 2.88 bits per heavy atom. The lowest BCUT2D eigenvalue weighted by Crippen LogP contribution is -2.31. The van der Waals surface area contributed by atoms with Gasteiger partial charge in [-0.1, -0.05) is 29.3 Å². The second-order valence-electron chi connectivity index (χ2n) is 5.15. The number of halogens is 3. The minimum absolute atomic E-state index is 0.0757. The van der Waals surface area contributed by atoms with E-state index in [0.717, 1.165) is 18.7 Å². The highest BCUT2D eigenvalue weighted by molar-refractivity contribution is 6.42. The molecule has 0 radical (unpaired) electrons. The van der Waals surface area contributed by atoms with E-state index >= 15 is 0 Å². The van der Waals surface area contributed by atoms with E-state index < -0.39 is 6.17 Å². The second kappa shape index (κ2) is 4.11. The first-order valence-corrected chi connectivity index (χ1v) is 6.68. The molecule has 17 heavy (non-hydrogen) atoms. The standard InChI is InChI=1S/C13H14Cl2FN/c14-11-2-1-8(4-12(11)15)13-5-10(16)3-9(13)6-17-7-13/h1-2,4,9-10,17H,3,5-7H2. The van der Waals surface area contributed by atoms with Gasteiger partial charge in [0.25, 0.3) is 0 Å². The van der Waals surface area contributed by atoms with Gasteiger partial charge in [-0.2, -0.15) is 0 Å². The largest absolute Gasteiger partial charge is 0.316 e. The Bertz CT molecular complexity index is 451. The second-order valence-corrected chi connectivity index (χ2v) is 5.96. The van der Waals surface area contributed by atoms with Crippen LogP contribution in [0.2, 0.25) is 10.0 Å². The maximum Gasteiger partial charge on any atom is 0.101 e. The molecule has 2 aliphatic rings. The Morgan fingerprint density at radius 1 is 1.29 bits per heavy atom. The van der Waals surface area contributed by atoms with Gasteiger partial charge >= 0.3 is 0 Å². The van der Waals surface area contributed by atoms with Crippen molar-refractivity contribution in [1.82, 2.24) is 5.32 Å². The summed E-state index contributed by atoms with van der Waals surface area (Å²) in [5.41, 5.74) is 1.05. The molecule has 4 heteroatoms. The number of hydrogen-bond acceptors (Lipinski definition) is 1. The summed E-state index contributed by atoms with van der Waals surface area (Å²) in [6, 6.07) is 5.71. The van der Waals surface area contributed by atoms with Crippen molar-refractivity contribution in [3.05, 3.63) is 33.8 Å². The lowest BCUT2D eigenvalue weighted by Gasteiger charge is -2.29. The lowest BCUT2D eigenvalue weighted by molar-refractivity contribution is 0.316. The molecule has 1 nitrogen and oxygen atoms in total. The maximum absolute atomic E-state index is 13.7. The minimum Gasteiger partial charge on any atom is -0.316 e. The summed E-state index contributed by atoms with van der Waals surface area (Å²) in [4.78, 5) is 0. The number of rotatable bonds is 1. The highest BCUT2D eigenvalue weighted by Crippen LogP contribution is 2.49. The van der Waals surface area contributed by atoms with Crippen LogP contribution >= 0.6 is 23.2 Å². The average molecular weight is 274 g/mol. The quantitative estimate of drug-likeness (QED) is 0.825. The van der Waals surface area contributed by atoms with E-state index in [-0.39, 0.29) is 5.41 Å². The van der Waals surface area contributed by atoms with Crippen LogP contribution in [-0.4, -0.2) is 19.3 Å². The first-order valence-electron chi connectivity index (χ1n) is 5.92. The average Bonchev–Trinajstić information content (AvgIpc) is 2.78. The molecule has 0 amide bonds. The number of alkyl halides is 1. The van der Waals surface area contributed by atoms with E-state index in [0.29, 0.717) is 28.8 Å². The SMILES string of the molecule is FC1CC2CNCC2(c2ccc(Cl)c(Cl)c2)C1. The molecule has 0 aromatic heterocycles. The molecule has 0 spiro atoms. The Morgan fingerprint density at radius 2 is 2.12 bits per heavy atom. The predicted molar refractivity (Wildman–Crippen MR) is 68.6 cm³/mol. The summed E-state index contributed by atoms with van der Waals surface area (Å²) in [5.74, 6) is 0.384. The molecule has 0 bridgehead atoms. The third-order valence-corrected chi connectivity index (χ3v) is 4.97. The highest BCUT2D eigenvalue weighted by atomic mass is 35.5. The molecule has 1 aliphatic heterocycles. The van der Waals surface area contributed by atoms with Gasteiger partial charge < -0.3 is 5.32 Å². The zero-order valence-corrected chi connectivity index (χ0v) is 10.9. The maximum atomic E-state index is 13.7. The number of fused-ring (bicyclic) bond motifs is 1. The molecule has 1 aromatic rings. The van der Waals surface area contributed by atoms with Gasteiger partial charge in [0.15, 0.2) is 0 Å². The fraction of sp³-hybridized carbons (Fsp3) is 0.538. The summed E-state index contributed by atoms with van der Waals surface area (Å²) in [5, 5.41) is 4.50. The van der Waals surface area contributed by atoms with Crippen molar-refractivity contribution >= 4 is 23.2 Å². The van der Waals surface area contributed by atoms with Gasteiger partial charge in [-0.05, 0) is 43.0 Å². The van der Waals surface area contributed by atoms with Crippen molar-refractivity contribution in [1.29, 1.82) is 0 Å². The van der Waals surface area contributed by atoms with Crippen LogP contribution in [0.5, 0.6) is 0 Å². The Hall–Kier alpha value is -0.310. The topological polar surface area (TPSA) is 12.0 Å². The summed E-state index contributed by atoms with van der Waals surface area (Å²) in [6.45, 7) is 1.75. The van der Waals surface area contributed by atoms with Crippen molar-refractivity contribution in [3.8, 4) is 0 Å². The Balaban J connectivity index is 2.04. The summed E-state index contributed by atoms with van der Waals surface area (Å²) in [7, 11) is 0. The molecule has 3 rings (SSSR count). The van der Waals surface area contributed by atoms with E-state index in [9.17, 15) is 4.39 Å². The van der Waals surface area contributed by atoms with Crippen molar-refractivity contribution in [2.45, 2.75) is 24.4 Å².